The minimum absolute atomic E-state index is 0.286. The molecule has 1 heterocycles. The van der Waals surface area contributed by atoms with Crippen LogP contribution in [0.15, 0.2) is 9.66 Å². The smallest absolute Gasteiger partial charge is 0.220 e. The second-order valence-electron chi connectivity index (χ2n) is 8.32. The van der Waals surface area contributed by atoms with E-state index < -0.39 is 0 Å². The van der Waals surface area contributed by atoms with E-state index >= 15 is 0 Å². The zero-order valence-corrected chi connectivity index (χ0v) is 15.3. The summed E-state index contributed by atoms with van der Waals surface area (Å²) in [7, 11) is 0. The zero-order chi connectivity index (χ0) is 14.8. The molecule has 1 aliphatic heterocycles. The molecule has 3 aliphatic carbocycles. The third kappa shape index (κ3) is 1.91. The summed E-state index contributed by atoms with van der Waals surface area (Å²) in [6, 6.07) is 0.442. The standard InChI is InChI=1S/C18H26INO/c1-17-9-7-13-11(12(17)4-5-14(17)19)3-6-15-18(13,2)10-8-16(21)20-15/h5,11-13,15H,3-4,6-10H2,1-2H3,(H,20,21)/t11-,12-,13+,15?,17-,18+/m0/s1. The highest BCUT2D eigenvalue weighted by molar-refractivity contribution is 14.1. The van der Waals surface area contributed by atoms with Crippen LogP contribution in [-0.4, -0.2) is 11.9 Å². The first-order valence-corrected chi connectivity index (χ1v) is 9.68. The predicted molar refractivity (Wildman–Crippen MR) is 93.0 cm³/mol. The molecular weight excluding hydrogens is 373 g/mol. The number of carbonyl (C=O) groups is 1. The molecule has 3 fully saturated rings. The number of nitrogens with one attached hydrogen (secondary N) is 1. The number of allylic oxidation sites excluding steroid dienone is 2. The summed E-state index contributed by atoms with van der Waals surface area (Å²) in [5.74, 6) is 2.85. The van der Waals surface area contributed by atoms with Crippen molar-refractivity contribution in [1.82, 2.24) is 5.32 Å². The van der Waals surface area contributed by atoms with Crippen LogP contribution >= 0.6 is 22.6 Å². The Labute approximate surface area is 141 Å². The van der Waals surface area contributed by atoms with Gasteiger partial charge in [0.15, 0.2) is 0 Å². The Morgan fingerprint density at radius 2 is 2.00 bits per heavy atom. The quantitative estimate of drug-likeness (QED) is 0.600. The van der Waals surface area contributed by atoms with Crippen molar-refractivity contribution in [3.63, 3.8) is 0 Å². The second kappa shape index (κ2) is 4.72. The van der Waals surface area contributed by atoms with Crippen molar-refractivity contribution in [2.45, 2.75) is 64.8 Å². The molecule has 1 saturated heterocycles. The molecule has 116 valence electrons. The minimum atomic E-state index is 0.286. The van der Waals surface area contributed by atoms with Gasteiger partial charge in [-0.25, -0.2) is 0 Å². The van der Waals surface area contributed by atoms with Crippen molar-refractivity contribution in [3.05, 3.63) is 9.66 Å². The van der Waals surface area contributed by atoms with E-state index in [1.807, 2.05) is 0 Å². The molecule has 0 aromatic carbocycles. The Morgan fingerprint density at radius 3 is 2.81 bits per heavy atom. The van der Waals surface area contributed by atoms with E-state index in [0.717, 1.165) is 30.6 Å². The highest BCUT2D eigenvalue weighted by Crippen LogP contribution is 2.64. The van der Waals surface area contributed by atoms with Gasteiger partial charge in [-0.1, -0.05) is 19.9 Å². The fraction of sp³-hybridized carbons (Fsp3) is 0.833. The zero-order valence-electron chi connectivity index (χ0n) is 13.1. The number of rotatable bonds is 0. The molecule has 0 radical (unpaired) electrons. The van der Waals surface area contributed by atoms with E-state index in [-0.39, 0.29) is 5.91 Å². The van der Waals surface area contributed by atoms with Gasteiger partial charge in [-0.2, -0.15) is 0 Å². The summed E-state index contributed by atoms with van der Waals surface area (Å²) >= 11 is 2.59. The molecule has 1 unspecified atom stereocenters. The molecule has 0 aromatic heterocycles. The van der Waals surface area contributed by atoms with Crippen LogP contribution < -0.4 is 5.32 Å². The number of hydrogen-bond acceptors (Lipinski definition) is 1. The van der Waals surface area contributed by atoms with Gasteiger partial charge in [0.05, 0.1) is 0 Å². The Bertz CT molecular complexity index is 515. The number of halogens is 1. The van der Waals surface area contributed by atoms with Crippen molar-refractivity contribution < 1.29 is 4.79 Å². The summed E-state index contributed by atoms with van der Waals surface area (Å²) < 4.78 is 1.62. The molecule has 1 amide bonds. The van der Waals surface area contributed by atoms with Crippen LogP contribution in [0, 0.1) is 28.6 Å². The first-order valence-electron chi connectivity index (χ1n) is 8.61. The van der Waals surface area contributed by atoms with E-state index in [1.165, 1.54) is 32.1 Å². The number of carbonyl (C=O) groups excluding carboxylic acids is 1. The van der Waals surface area contributed by atoms with E-state index in [0.29, 0.717) is 16.9 Å². The molecule has 2 nitrogen and oxygen atoms in total. The molecule has 0 bridgehead atoms. The van der Waals surface area contributed by atoms with Crippen LogP contribution in [0.1, 0.15) is 58.8 Å². The lowest BCUT2D eigenvalue weighted by Crippen LogP contribution is -2.60. The molecule has 0 aromatic rings. The fourth-order valence-electron chi connectivity index (χ4n) is 6.22. The molecular formula is C18H26INO. The minimum Gasteiger partial charge on any atom is -0.353 e. The maximum atomic E-state index is 11.8. The summed E-state index contributed by atoms with van der Waals surface area (Å²) in [6.45, 7) is 4.99. The van der Waals surface area contributed by atoms with Gasteiger partial charge in [0.1, 0.15) is 0 Å². The van der Waals surface area contributed by atoms with Gasteiger partial charge in [-0.15, -0.1) is 0 Å². The summed E-state index contributed by atoms with van der Waals surface area (Å²) in [5, 5.41) is 3.32. The normalized spacial score (nSPS) is 52.3. The third-order valence-electron chi connectivity index (χ3n) is 7.58. The predicted octanol–water partition coefficient (Wildman–Crippen LogP) is 4.44. The summed E-state index contributed by atoms with van der Waals surface area (Å²) in [5.41, 5.74) is 0.815. The SMILES string of the molecule is C[C@]12CCC(=O)NC1CC[C@@H]1[C@H]2CC[C@]2(C)C(I)=CC[C@@H]12. The van der Waals surface area contributed by atoms with Crippen LogP contribution in [0.2, 0.25) is 0 Å². The molecule has 3 heteroatoms. The van der Waals surface area contributed by atoms with E-state index in [9.17, 15) is 4.79 Å². The first kappa shape index (κ1) is 14.5. The van der Waals surface area contributed by atoms with Crippen LogP contribution in [0.25, 0.3) is 0 Å². The number of piperidine rings is 1. The van der Waals surface area contributed by atoms with Gasteiger partial charge in [-0.3, -0.25) is 4.79 Å². The van der Waals surface area contributed by atoms with Gasteiger partial charge in [0, 0.05) is 17.9 Å². The van der Waals surface area contributed by atoms with Gasteiger partial charge in [-0.05, 0) is 87.9 Å². The monoisotopic (exact) mass is 399 g/mol. The van der Waals surface area contributed by atoms with Gasteiger partial charge >= 0.3 is 0 Å². The highest BCUT2D eigenvalue weighted by atomic mass is 127. The Morgan fingerprint density at radius 1 is 1.19 bits per heavy atom. The van der Waals surface area contributed by atoms with Gasteiger partial charge in [0.25, 0.3) is 0 Å². The fourth-order valence-corrected chi connectivity index (χ4v) is 7.14. The summed E-state index contributed by atoms with van der Waals surface area (Å²) in [4.78, 5) is 11.8. The van der Waals surface area contributed by atoms with Crippen LogP contribution in [0.3, 0.4) is 0 Å². The average molecular weight is 399 g/mol. The van der Waals surface area contributed by atoms with Crippen LogP contribution in [-0.2, 0) is 4.79 Å². The maximum absolute atomic E-state index is 11.8. The second-order valence-corrected chi connectivity index (χ2v) is 9.49. The van der Waals surface area contributed by atoms with Crippen molar-refractivity contribution in [3.8, 4) is 0 Å². The molecule has 21 heavy (non-hydrogen) atoms. The van der Waals surface area contributed by atoms with Crippen molar-refractivity contribution in [1.29, 1.82) is 0 Å². The molecule has 4 aliphatic rings. The average Bonchev–Trinajstić information content (AvgIpc) is 2.76. The number of fused-ring (bicyclic) bond motifs is 5. The van der Waals surface area contributed by atoms with Gasteiger partial charge < -0.3 is 5.32 Å². The summed E-state index contributed by atoms with van der Waals surface area (Å²) in [6.07, 6.45) is 10.9. The van der Waals surface area contributed by atoms with Gasteiger partial charge in [0.2, 0.25) is 5.91 Å². The molecule has 4 rings (SSSR count). The van der Waals surface area contributed by atoms with Crippen LogP contribution in [0.5, 0.6) is 0 Å². The van der Waals surface area contributed by atoms with Crippen molar-refractivity contribution in [2.24, 2.45) is 28.6 Å². The Hall–Kier alpha value is -0.0600. The Kier molecular flexibility index (Phi) is 3.26. The first-order chi connectivity index (χ1) is 9.95. The number of amides is 1. The van der Waals surface area contributed by atoms with E-state index in [1.54, 1.807) is 3.58 Å². The Balaban J connectivity index is 1.64. The van der Waals surface area contributed by atoms with Crippen molar-refractivity contribution >= 4 is 28.5 Å². The largest absolute Gasteiger partial charge is 0.353 e. The topological polar surface area (TPSA) is 29.1 Å². The molecule has 6 atom stereocenters. The lowest BCUT2D eigenvalue weighted by atomic mass is 9.48. The van der Waals surface area contributed by atoms with E-state index in [4.69, 9.17) is 0 Å². The lowest BCUT2D eigenvalue weighted by molar-refractivity contribution is -0.134. The number of hydrogen-bond donors (Lipinski definition) is 1. The van der Waals surface area contributed by atoms with Crippen LogP contribution in [0.4, 0.5) is 0 Å². The third-order valence-corrected chi connectivity index (χ3v) is 9.25. The lowest BCUT2D eigenvalue weighted by Gasteiger charge is -2.59. The molecule has 2 saturated carbocycles. The molecule has 1 N–H and O–H groups in total. The van der Waals surface area contributed by atoms with Crippen molar-refractivity contribution in [2.75, 3.05) is 0 Å². The maximum Gasteiger partial charge on any atom is 0.220 e. The van der Waals surface area contributed by atoms with E-state index in [2.05, 4.69) is 47.8 Å². The highest BCUT2D eigenvalue weighted by Gasteiger charge is 2.58. The molecule has 0 spiro atoms.